The summed E-state index contributed by atoms with van der Waals surface area (Å²) in [5.41, 5.74) is 1.16. The average molecular weight is 264 g/mol. The van der Waals surface area contributed by atoms with Crippen molar-refractivity contribution in [3.63, 3.8) is 0 Å². The summed E-state index contributed by atoms with van der Waals surface area (Å²) in [5.74, 6) is -0.173. The summed E-state index contributed by atoms with van der Waals surface area (Å²) in [4.78, 5) is 22.4. The molecule has 0 unspecified atom stereocenters. The van der Waals surface area contributed by atoms with Gasteiger partial charge in [-0.15, -0.1) is 0 Å². The number of carbonyl (C=O) groups excluding carboxylic acids is 1. The highest BCUT2D eigenvalue weighted by molar-refractivity contribution is 5.92. The number of hydrogen-bond acceptors (Lipinski definition) is 5. The fraction of sp³-hybridized carbons (Fsp3) is 0.615. The maximum Gasteiger partial charge on any atom is 0.271 e. The summed E-state index contributed by atoms with van der Waals surface area (Å²) in [6, 6.07) is 0.0775. The molecular formula is C13H20N4O2. The highest BCUT2D eigenvalue weighted by Crippen LogP contribution is 2.00. The van der Waals surface area contributed by atoms with Crippen molar-refractivity contribution in [2.24, 2.45) is 0 Å². The molecule has 0 bridgehead atoms. The lowest BCUT2D eigenvalue weighted by molar-refractivity contribution is 0.0342. The van der Waals surface area contributed by atoms with Crippen LogP contribution in [0.3, 0.4) is 0 Å². The summed E-state index contributed by atoms with van der Waals surface area (Å²) >= 11 is 0. The van der Waals surface area contributed by atoms with Gasteiger partial charge in [0.2, 0.25) is 0 Å². The first-order chi connectivity index (χ1) is 9.15. The third-order valence-electron chi connectivity index (χ3n) is 3.03. The molecule has 1 aromatic rings. The van der Waals surface area contributed by atoms with Crippen LogP contribution in [0, 0.1) is 6.92 Å². The van der Waals surface area contributed by atoms with Crippen LogP contribution in [0.15, 0.2) is 12.4 Å². The van der Waals surface area contributed by atoms with Gasteiger partial charge in [0.15, 0.2) is 0 Å². The fourth-order valence-corrected chi connectivity index (χ4v) is 2.02. The first-order valence-electron chi connectivity index (χ1n) is 6.55. The van der Waals surface area contributed by atoms with E-state index in [2.05, 4.69) is 20.2 Å². The molecule has 0 radical (unpaired) electrons. The SMILES string of the molecule is Cc1cnc(C(=O)N[C@@H](C)CN2CCOCC2)cn1. The van der Waals surface area contributed by atoms with Crippen molar-refractivity contribution in [2.45, 2.75) is 19.9 Å². The van der Waals surface area contributed by atoms with Crippen molar-refractivity contribution in [1.29, 1.82) is 0 Å². The number of morpholine rings is 1. The van der Waals surface area contributed by atoms with Crippen LogP contribution in [0.1, 0.15) is 23.1 Å². The van der Waals surface area contributed by atoms with Crippen LogP contribution in [0.25, 0.3) is 0 Å². The summed E-state index contributed by atoms with van der Waals surface area (Å²) in [5, 5.41) is 2.94. The second-order valence-electron chi connectivity index (χ2n) is 4.83. The lowest BCUT2D eigenvalue weighted by atomic mass is 10.2. The van der Waals surface area contributed by atoms with E-state index in [-0.39, 0.29) is 11.9 Å². The summed E-state index contributed by atoms with van der Waals surface area (Å²) < 4.78 is 5.30. The highest BCUT2D eigenvalue weighted by Gasteiger charge is 2.16. The molecule has 1 atom stereocenters. The predicted molar refractivity (Wildman–Crippen MR) is 71.0 cm³/mol. The molecule has 0 aliphatic carbocycles. The lowest BCUT2D eigenvalue weighted by Gasteiger charge is -2.29. The van der Waals surface area contributed by atoms with Gasteiger partial charge in [-0.3, -0.25) is 14.7 Å². The molecule has 6 heteroatoms. The number of nitrogens with one attached hydrogen (secondary N) is 1. The third-order valence-corrected chi connectivity index (χ3v) is 3.03. The van der Waals surface area contributed by atoms with E-state index < -0.39 is 0 Å². The number of carbonyl (C=O) groups is 1. The van der Waals surface area contributed by atoms with Gasteiger partial charge >= 0.3 is 0 Å². The van der Waals surface area contributed by atoms with Crippen molar-refractivity contribution in [3.8, 4) is 0 Å². The molecule has 2 rings (SSSR count). The van der Waals surface area contributed by atoms with Crippen LogP contribution >= 0.6 is 0 Å². The predicted octanol–water partition coefficient (Wildman–Crippen LogP) is 0.236. The molecule has 2 heterocycles. The minimum atomic E-state index is -0.173. The Labute approximate surface area is 113 Å². The van der Waals surface area contributed by atoms with E-state index in [9.17, 15) is 4.79 Å². The van der Waals surface area contributed by atoms with Gasteiger partial charge in [0.05, 0.1) is 25.1 Å². The van der Waals surface area contributed by atoms with Gasteiger partial charge in [-0.2, -0.15) is 0 Å². The molecule has 1 N–H and O–H groups in total. The summed E-state index contributed by atoms with van der Waals surface area (Å²) in [7, 11) is 0. The summed E-state index contributed by atoms with van der Waals surface area (Å²) in [6.45, 7) is 8.04. The molecule has 104 valence electrons. The molecule has 1 aromatic heterocycles. The van der Waals surface area contributed by atoms with Crippen LogP contribution in [-0.2, 0) is 4.74 Å². The number of ether oxygens (including phenoxy) is 1. The van der Waals surface area contributed by atoms with Gasteiger partial charge < -0.3 is 10.1 Å². The average Bonchev–Trinajstić information content (AvgIpc) is 2.40. The standard InChI is InChI=1S/C13H20N4O2/c1-10-7-15-12(8-14-10)13(18)16-11(2)9-17-3-5-19-6-4-17/h7-8,11H,3-6,9H2,1-2H3,(H,16,18)/t11-/m0/s1. The number of amides is 1. The number of hydrogen-bond donors (Lipinski definition) is 1. The van der Waals surface area contributed by atoms with Gasteiger partial charge in [-0.05, 0) is 13.8 Å². The molecule has 0 aromatic carbocycles. The number of aromatic nitrogens is 2. The molecule has 1 saturated heterocycles. The Hall–Kier alpha value is -1.53. The molecule has 1 fully saturated rings. The monoisotopic (exact) mass is 264 g/mol. The van der Waals surface area contributed by atoms with Crippen molar-refractivity contribution >= 4 is 5.91 Å². The fourth-order valence-electron chi connectivity index (χ4n) is 2.02. The second-order valence-corrected chi connectivity index (χ2v) is 4.83. The van der Waals surface area contributed by atoms with Crippen molar-refractivity contribution in [1.82, 2.24) is 20.2 Å². The molecule has 1 aliphatic rings. The number of nitrogens with zero attached hydrogens (tertiary/aromatic N) is 3. The van der Waals surface area contributed by atoms with E-state index >= 15 is 0 Å². The molecule has 6 nitrogen and oxygen atoms in total. The summed E-state index contributed by atoms with van der Waals surface area (Å²) in [6.07, 6.45) is 3.10. The van der Waals surface area contributed by atoms with Crippen LogP contribution in [0.4, 0.5) is 0 Å². The van der Waals surface area contributed by atoms with Crippen molar-refractivity contribution in [2.75, 3.05) is 32.8 Å². The van der Waals surface area contributed by atoms with Gasteiger partial charge in [0.25, 0.3) is 5.91 Å². The minimum Gasteiger partial charge on any atom is -0.379 e. The lowest BCUT2D eigenvalue weighted by Crippen LogP contribution is -2.46. The van der Waals surface area contributed by atoms with Crippen LogP contribution in [0.2, 0.25) is 0 Å². The van der Waals surface area contributed by atoms with E-state index in [1.165, 1.54) is 6.20 Å². The Morgan fingerprint density at radius 2 is 2.16 bits per heavy atom. The second kappa shape index (κ2) is 6.58. The Bertz CT molecular complexity index is 415. The molecule has 19 heavy (non-hydrogen) atoms. The van der Waals surface area contributed by atoms with Crippen molar-refractivity contribution in [3.05, 3.63) is 23.8 Å². The molecule has 0 spiro atoms. The van der Waals surface area contributed by atoms with E-state index in [0.29, 0.717) is 5.69 Å². The van der Waals surface area contributed by atoms with Gasteiger partial charge in [0.1, 0.15) is 5.69 Å². The van der Waals surface area contributed by atoms with Crippen LogP contribution in [0.5, 0.6) is 0 Å². The highest BCUT2D eigenvalue weighted by atomic mass is 16.5. The zero-order chi connectivity index (χ0) is 13.7. The van der Waals surface area contributed by atoms with Crippen LogP contribution in [-0.4, -0.2) is 59.7 Å². The quantitative estimate of drug-likeness (QED) is 0.843. The van der Waals surface area contributed by atoms with E-state index in [1.807, 2.05) is 13.8 Å². The zero-order valence-corrected chi connectivity index (χ0v) is 11.4. The maximum atomic E-state index is 12.0. The zero-order valence-electron chi connectivity index (χ0n) is 11.4. The Balaban J connectivity index is 1.82. The van der Waals surface area contributed by atoms with Crippen molar-refractivity contribution < 1.29 is 9.53 Å². The van der Waals surface area contributed by atoms with Gasteiger partial charge in [-0.25, -0.2) is 4.98 Å². The first kappa shape index (κ1) is 13.9. The Kier molecular flexibility index (Phi) is 4.81. The molecule has 0 saturated carbocycles. The topological polar surface area (TPSA) is 67.4 Å². The minimum absolute atomic E-state index is 0.0775. The number of aryl methyl sites for hydroxylation is 1. The van der Waals surface area contributed by atoms with Gasteiger partial charge in [-0.1, -0.05) is 0 Å². The van der Waals surface area contributed by atoms with E-state index in [4.69, 9.17) is 4.74 Å². The van der Waals surface area contributed by atoms with E-state index in [0.717, 1.165) is 38.5 Å². The molecule has 1 amide bonds. The Morgan fingerprint density at radius 1 is 1.42 bits per heavy atom. The molecular weight excluding hydrogens is 244 g/mol. The first-order valence-corrected chi connectivity index (χ1v) is 6.55. The smallest absolute Gasteiger partial charge is 0.271 e. The van der Waals surface area contributed by atoms with Gasteiger partial charge in [0, 0.05) is 31.9 Å². The number of rotatable bonds is 4. The van der Waals surface area contributed by atoms with Crippen LogP contribution < -0.4 is 5.32 Å². The maximum absolute atomic E-state index is 12.0. The third kappa shape index (κ3) is 4.25. The normalized spacial score (nSPS) is 18.0. The molecule has 1 aliphatic heterocycles. The Morgan fingerprint density at radius 3 is 2.79 bits per heavy atom. The largest absolute Gasteiger partial charge is 0.379 e. The van der Waals surface area contributed by atoms with E-state index in [1.54, 1.807) is 6.20 Å².